The molecule has 0 spiro atoms. The van der Waals surface area contributed by atoms with Gasteiger partial charge >= 0.3 is 0 Å². The molecule has 1 fully saturated rings. The molecule has 1 aliphatic rings. The summed E-state index contributed by atoms with van der Waals surface area (Å²) in [7, 11) is 0. The molecule has 1 aromatic heterocycles. The van der Waals surface area contributed by atoms with Crippen LogP contribution in [0.4, 0.5) is 0 Å². The van der Waals surface area contributed by atoms with Gasteiger partial charge in [0.15, 0.2) is 0 Å². The summed E-state index contributed by atoms with van der Waals surface area (Å²) in [6.07, 6.45) is 3.08. The Morgan fingerprint density at radius 2 is 2.16 bits per heavy atom. The van der Waals surface area contributed by atoms with Crippen molar-refractivity contribution >= 4 is 10.9 Å². The number of H-pyrrole nitrogens is 1. The van der Waals surface area contributed by atoms with Crippen molar-refractivity contribution in [2.24, 2.45) is 5.41 Å². The van der Waals surface area contributed by atoms with E-state index in [1.807, 2.05) is 6.07 Å². The Hall–Kier alpha value is -1.36. The Bertz CT molecular complexity index is 540. The summed E-state index contributed by atoms with van der Waals surface area (Å²) < 4.78 is 5.18. The summed E-state index contributed by atoms with van der Waals surface area (Å²) in [5.74, 6) is 0. The molecule has 3 rings (SSSR count). The standard InChI is InChI=1S/C15H20N2O2/c18-9-15(10-19-11-15)8-16-6-5-12-7-17-14-4-2-1-3-13(12)14/h1-4,7,16-18H,5-6,8-11H2. The van der Waals surface area contributed by atoms with Gasteiger partial charge in [-0.25, -0.2) is 0 Å². The maximum atomic E-state index is 9.34. The Balaban J connectivity index is 1.52. The highest BCUT2D eigenvalue weighted by molar-refractivity contribution is 5.83. The van der Waals surface area contributed by atoms with Gasteiger partial charge in [-0.1, -0.05) is 18.2 Å². The van der Waals surface area contributed by atoms with E-state index in [-0.39, 0.29) is 12.0 Å². The predicted molar refractivity (Wildman–Crippen MR) is 75.2 cm³/mol. The first-order chi connectivity index (χ1) is 9.33. The molecule has 0 saturated carbocycles. The molecule has 1 aliphatic heterocycles. The molecule has 0 amide bonds. The lowest BCUT2D eigenvalue weighted by atomic mass is 9.87. The minimum absolute atomic E-state index is 0.0415. The summed E-state index contributed by atoms with van der Waals surface area (Å²) >= 11 is 0. The molecule has 4 nitrogen and oxygen atoms in total. The fraction of sp³-hybridized carbons (Fsp3) is 0.467. The van der Waals surface area contributed by atoms with E-state index < -0.39 is 0 Å². The van der Waals surface area contributed by atoms with E-state index in [1.165, 1.54) is 16.5 Å². The fourth-order valence-corrected chi connectivity index (χ4v) is 2.56. The maximum absolute atomic E-state index is 9.34. The third-order valence-electron chi connectivity index (χ3n) is 3.90. The van der Waals surface area contributed by atoms with Crippen LogP contribution in [0.2, 0.25) is 0 Å². The molecule has 19 heavy (non-hydrogen) atoms. The lowest BCUT2D eigenvalue weighted by molar-refractivity contribution is -0.134. The van der Waals surface area contributed by atoms with Gasteiger partial charge in [-0.3, -0.25) is 0 Å². The molecule has 2 heterocycles. The van der Waals surface area contributed by atoms with Gasteiger partial charge in [0.05, 0.1) is 25.2 Å². The van der Waals surface area contributed by atoms with Crippen LogP contribution >= 0.6 is 0 Å². The van der Waals surface area contributed by atoms with E-state index in [1.54, 1.807) is 0 Å². The lowest BCUT2D eigenvalue weighted by Crippen LogP contribution is -2.52. The van der Waals surface area contributed by atoms with Crippen LogP contribution in [0.3, 0.4) is 0 Å². The Labute approximate surface area is 112 Å². The molecule has 4 heteroatoms. The highest BCUT2D eigenvalue weighted by Gasteiger charge is 2.37. The molecule has 1 aromatic carbocycles. The van der Waals surface area contributed by atoms with Crippen LogP contribution in [0.1, 0.15) is 5.56 Å². The van der Waals surface area contributed by atoms with Crippen molar-refractivity contribution in [3.05, 3.63) is 36.0 Å². The number of para-hydroxylation sites is 1. The van der Waals surface area contributed by atoms with Crippen molar-refractivity contribution in [1.82, 2.24) is 10.3 Å². The number of benzene rings is 1. The normalized spacial score (nSPS) is 17.5. The summed E-state index contributed by atoms with van der Waals surface area (Å²) in [6.45, 7) is 3.29. The number of rotatable bonds is 6. The number of aromatic nitrogens is 1. The Kier molecular flexibility index (Phi) is 3.55. The van der Waals surface area contributed by atoms with E-state index >= 15 is 0 Å². The summed E-state index contributed by atoms with van der Waals surface area (Å²) in [6, 6.07) is 8.36. The van der Waals surface area contributed by atoms with Crippen LogP contribution in [0.5, 0.6) is 0 Å². The minimum Gasteiger partial charge on any atom is -0.396 e. The van der Waals surface area contributed by atoms with Crippen molar-refractivity contribution in [2.45, 2.75) is 6.42 Å². The molecular formula is C15H20N2O2. The molecule has 0 aliphatic carbocycles. The first-order valence-electron chi connectivity index (χ1n) is 6.77. The molecule has 2 aromatic rings. The number of nitrogens with one attached hydrogen (secondary N) is 2. The van der Waals surface area contributed by atoms with Crippen LogP contribution in [-0.4, -0.2) is 43.0 Å². The number of aliphatic hydroxyl groups excluding tert-OH is 1. The zero-order valence-corrected chi connectivity index (χ0v) is 11.0. The highest BCUT2D eigenvalue weighted by atomic mass is 16.5. The van der Waals surface area contributed by atoms with Crippen molar-refractivity contribution in [1.29, 1.82) is 0 Å². The van der Waals surface area contributed by atoms with Crippen LogP contribution in [-0.2, 0) is 11.2 Å². The molecular weight excluding hydrogens is 240 g/mol. The minimum atomic E-state index is -0.0415. The predicted octanol–water partition coefficient (Wildman–Crippen LogP) is 1.31. The van der Waals surface area contributed by atoms with Crippen LogP contribution < -0.4 is 5.32 Å². The quantitative estimate of drug-likeness (QED) is 0.686. The Morgan fingerprint density at radius 1 is 1.32 bits per heavy atom. The zero-order chi connectivity index (χ0) is 13.1. The van der Waals surface area contributed by atoms with Gasteiger partial charge in [0.2, 0.25) is 0 Å². The van der Waals surface area contributed by atoms with E-state index in [0.717, 1.165) is 19.5 Å². The monoisotopic (exact) mass is 260 g/mol. The summed E-state index contributed by atoms with van der Waals surface area (Å²) in [5, 5.41) is 14.1. The molecule has 1 saturated heterocycles. The van der Waals surface area contributed by atoms with Crippen LogP contribution in [0, 0.1) is 5.41 Å². The molecule has 0 atom stereocenters. The van der Waals surface area contributed by atoms with Gasteiger partial charge in [0, 0.05) is 23.6 Å². The van der Waals surface area contributed by atoms with Gasteiger partial charge in [-0.05, 0) is 24.6 Å². The number of aromatic amines is 1. The van der Waals surface area contributed by atoms with E-state index in [2.05, 4.69) is 34.7 Å². The van der Waals surface area contributed by atoms with Crippen LogP contribution in [0.25, 0.3) is 10.9 Å². The number of hydrogen-bond acceptors (Lipinski definition) is 3. The third-order valence-corrected chi connectivity index (χ3v) is 3.90. The third kappa shape index (κ3) is 2.52. The zero-order valence-electron chi connectivity index (χ0n) is 11.0. The van der Waals surface area contributed by atoms with Gasteiger partial charge in [-0.2, -0.15) is 0 Å². The first kappa shape index (κ1) is 12.7. The van der Waals surface area contributed by atoms with Gasteiger partial charge < -0.3 is 20.1 Å². The van der Waals surface area contributed by atoms with Crippen molar-refractivity contribution in [3.63, 3.8) is 0 Å². The second-order valence-electron chi connectivity index (χ2n) is 5.44. The number of ether oxygens (including phenoxy) is 1. The van der Waals surface area contributed by atoms with Crippen molar-refractivity contribution in [3.8, 4) is 0 Å². The molecule has 0 unspecified atom stereocenters. The average Bonchev–Trinajstić information content (AvgIpc) is 2.81. The Morgan fingerprint density at radius 3 is 2.89 bits per heavy atom. The SMILES string of the molecule is OCC1(CNCCc2c[nH]c3ccccc23)COC1. The molecule has 0 radical (unpaired) electrons. The van der Waals surface area contributed by atoms with Crippen molar-refractivity contribution < 1.29 is 9.84 Å². The summed E-state index contributed by atoms with van der Waals surface area (Å²) in [5.41, 5.74) is 2.49. The van der Waals surface area contributed by atoms with E-state index in [9.17, 15) is 5.11 Å². The first-order valence-corrected chi connectivity index (χ1v) is 6.77. The molecule has 3 N–H and O–H groups in total. The molecule has 0 bridgehead atoms. The average molecular weight is 260 g/mol. The topological polar surface area (TPSA) is 57.3 Å². The van der Waals surface area contributed by atoms with E-state index in [4.69, 9.17) is 4.74 Å². The maximum Gasteiger partial charge on any atom is 0.0579 e. The number of aliphatic hydroxyl groups is 1. The van der Waals surface area contributed by atoms with Crippen molar-refractivity contribution in [2.75, 3.05) is 32.9 Å². The van der Waals surface area contributed by atoms with Gasteiger partial charge in [0.1, 0.15) is 0 Å². The van der Waals surface area contributed by atoms with E-state index in [0.29, 0.717) is 13.2 Å². The molecule has 102 valence electrons. The fourth-order valence-electron chi connectivity index (χ4n) is 2.56. The largest absolute Gasteiger partial charge is 0.396 e. The second-order valence-corrected chi connectivity index (χ2v) is 5.44. The van der Waals surface area contributed by atoms with Crippen LogP contribution in [0.15, 0.2) is 30.5 Å². The highest BCUT2D eigenvalue weighted by Crippen LogP contribution is 2.25. The summed E-state index contributed by atoms with van der Waals surface area (Å²) in [4.78, 5) is 3.29. The lowest BCUT2D eigenvalue weighted by Gasteiger charge is -2.40. The van der Waals surface area contributed by atoms with Gasteiger partial charge in [0.25, 0.3) is 0 Å². The smallest absolute Gasteiger partial charge is 0.0579 e. The number of fused-ring (bicyclic) bond motifs is 1. The second kappa shape index (κ2) is 5.33. The number of hydrogen-bond donors (Lipinski definition) is 3. The van der Waals surface area contributed by atoms with Gasteiger partial charge in [-0.15, -0.1) is 0 Å².